The van der Waals surface area contributed by atoms with E-state index in [-0.39, 0.29) is 17.3 Å². The predicted molar refractivity (Wildman–Crippen MR) is 127 cm³/mol. The molecule has 1 aromatic heterocycles. The summed E-state index contributed by atoms with van der Waals surface area (Å²) < 4.78 is 6.22. The van der Waals surface area contributed by atoms with Crippen LogP contribution in [0.2, 0.25) is 0 Å². The second-order valence-corrected chi connectivity index (χ2v) is 10.5. The molecule has 7 heteroatoms. The van der Waals surface area contributed by atoms with Crippen LogP contribution in [0.1, 0.15) is 75.4 Å². The first-order valence-electron chi connectivity index (χ1n) is 11.9. The summed E-state index contributed by atoms with van der Waals surface area (Å²) >= 11 is 0. The molecule has 1 atom stereocenters. The molecule has 2 heterocycles. The van der Waals surface area contributed by atoms with Crippen LogP contribution in [-0.4, -0.2) is 32.4 Å². The zero-order chi connectivity index (χ0) is 23.5. The molecule has 1 aliphatic heterocycles. The molecule has 7 nitrogen and oxygen atoms in total. The molecule has 1 spiro atoms. The van der Waals surface area contributed by atoms with Crippen molar-refractivity contribution in [2.75, 3.05) is 5.73 Å². The van der Waals surface area contributed by atoms with Crippen molar-refractivity contribution < 1.29 is 14.6 Å². The minimum atomic E-state index is -0.673. The van der Waals surface area contributed by atoms with Gasteiger partial charge in [0.2, 0.25) is 5.88 Å². The molecule has 5 rings (SSSR count). The lowest BCUT2D eigenvalue weighted by molar-refractivity contribution is -0.143. The number of nitrogen functional groups attached to an aromatic ring is 1. The molecule has 0 unspecified atom stereocenters. The van der Waals surface area contributed by atoms with E-state index < -0.39 is 11.6 Å². The first kappa shape index (κ1) is 21.9. The van der Waals surface area contributed by atoms with Crippen molar-refractivity contribution in [1.82, 2.24) is 9.97 Å². The molecule has 33 heavy (non-hydrogen) atoms. The van der Waals surface area contributed by atoms with Crippen molar-refractivity contribution in [2.24, 2.45) is 16.8 Å². The smallest absolute Gasteiger partial charge is 0.306 e. The number of hydrogen-bond acceptors (Lipinski definition) is 6. The van der Waals surface area contributed by atoms with E-state index >= 15 is 0 Å². The lowest BCUT2D eigenvalue weighted by Gasteiger charge is -2.39. The van der Waals surface area contributed by atoms with E-state index in [4.69, 9.17) is 15.5 Å². The molecule has 1 saturated carbocycles. The Hall–Kier alpha value is -2.96. The second kappa shape index (κ2) is 7.54. The van der Waals surface area contributed by atoms with Gasteiger partial charge in [0.25, 0.3) is 0 Å². The largest absolute Gasteiger partial charge is 0.481 e. The maximum absolute atomic E-state index is 11.4. The molecular weight excluding hydrogens is 416 g/mol. The third-order valence-electron chi connectivity index (χ3n) is 8.04. The van der Waals surface area contributed by atoms with Gasteiger partial charge in [0.15, 0.2) is 11.5 Å². The van der Waals surface area contributed by atoms with E-state index in [0.717, 1.165) is 49.8 Å². The number of anilines is 1. The number of nitrogens with two attached hydrogens (primary N) is 1. The van der Waals surface area contributed by atoms with Crippen molar-refractivity contribution in [3.05, 3.63) is 40.7 Å². The number of ether oxygens (including phenoxy) is 1. The topological polar surface area (TPSA) is 111 Å². The van der Waals surface area contributed by atoms with Crippen LogP contribution in [-0.2, 0) is 16.6 Å². The third kappa shape index (κ3) is 3.58. The van der Waals surface area contributed by atoms with Crippen molar-refractivity contribution in [2.45, 2.75) is 77.2 Å². The van der Waals surface area contributed by atoms with Crippen LogP contribution in [0.3, 0.4) is 0 Å². The van der Waals surface area contributed by atoms with Gasteiger partial charge in [-0.05, 0) is 87.8 Å². The molecule has 3 aliphatic rings. The SMILES string of the molecule is Cc1nc(N)c2c(n1)OC(C)(C)C(c1ccc3c(c1)CCC31CCC([C@@H](C)C(=O)O)CC1)=N2. The van der Waals surface area contributed by atoms with Gasteiger partial charge in [-0.1, -0.05) is 19.1 Å². The second-order valence-electron chi connectivity index (χ2n) is 10.5. The zero-order valence-electron chi connectivity index (χ0n) is 19.8. The van der Waals surface area contributed by atoms with Gasteiger partial charge < -0.3 is 15.6 Å². The Kier molecular flexibility index (Phi) is 4.99. The maximum Gasteiger partial charge on any atom is 0.306 e. The first-order chi connectivity index (χ1) is 15.6. The van der Waals surface area contributed by atoms with Crippen LogP contribution in [0.25, 0.3) is 0 Å². The molecule has 2 aromatic rings. The van der Waals surface area contributed by atoms with E-state index in [0.29, 0.717) is 23.2 Å². The van der Waals surface area contributed by atoms with Crippen LogP contribution < -0.4 is 10.5 Å². The monoisotopic (exact) mass is 448 g/mol. The van der Waals surface area contributed by atoms with Crippen molar-refractivity contribution >= 4 is 23.2 Å². The van der Waals surface area contributed by atoms with Gasteiger partial charge in [0.1, 0.15) is 11.4 Å². The van der Waals surface area contributed by atoms with Gasteiger partial charge in [-0.3, -0.25) is 4.79 Å². The average Bonchev–Trinajstić information content (AvgIpc) is 3.10. The Morgan fingerprint density at radius 3 is 2.64 bits per heavy atom. The van der Waals surface area contributed by atoms with E-state index in [9.17, 15) is 9.90 Å². The quantitative estimate of drug-likeness (QED) is 0.701. The van der Waals surface area contributed by atoms with Crippen molar-refractivity contribution in [3.63, 3.8) is 0 Å². The number of carboxylic acid groups (broad SMARTS) is 1. The summed E-state index contributed by atoms with van der Waals surface area (Å²) in [7, 11) is 0. The van der Waals surface area contributed by atoms with Gasteiger partial charge >= 0.3 is 5.97 Å². The highest BCUT2D eigenvalue weighted by atomic mass is 16.5. The van der Waals surface area contributed by atoms with Gasteiger partial charge in [0.05, 0.1) is 11.6 Å². The van der Waals surface area contributed by atoms with Crippen molar-refractivity contribution in [1.29, 1.82) is 0 Å². The number of carbonyl (C=O) groups is 1. The number of hydrogen-bond donors (Lipinski definition) is 2. The average molecular weight is 449 g/mol. The molecular formula is C26H32N4O3. The molecule has 1 aromatic carbocycles. The van der Waals surface area contributed by atoms with E-state index in [2.05, 4.69) is 28.2 Å². The Balaban J connectivity index is 1.45. The lowest BCUT2D eigenvalue weighted by atomic mass is 9.65. The molecule has 2 aliphatic carbocycles. The first-order valence-corrected chi connectivity index (χ1v) is 11.9. The molecule has 174 valence electrons. The highest BCUT2D eigenvalue weighted by Gasteiger charge is 2.44. The number of fused-ring (bicyclic) bond motifs is 3. The fourth-order valence-electron chi connectivity index (χ4n) is 6.07. The predicted octanol–water partition coefficient (Wildman–Crippen LogP) is 4.75. The minimum absolute atomic E-state index is 0.186. The molecule has 0 amide bonds. The number of carboxylic acids is 1. The molecule has 0 bridgehead atoms. The van der Waals surface area contributed by atoms with Gasteiger partial charge in [-0.25, -0.2) is 9.98 Å². The number of benzene rings is 1. The maximum atomic E-state index is 11.4. The fourth-order valence-corrected chi connectivity index (χ4v) is 6.07. The van der Waals surface area contributed by atoms with E-state index in [1.165, 1.54) is 11.1 Å². The van der Waals surface area contributed by atoms with Crippen LogP contribution >= 0.6 is 0 Å². The van der Waals surface area contributed by atoms with Gasteiger partial charge in [-0.2, -0.15) is 4.98 Å². The van der Waals surface area contributed by atoms with Crippen LogP contribution in [0.15, 0.2) is 23.2 Å². The minimum Gasteiger partial charge on any atom is -0.481 e. The Morgan fingerprint density at radius 2 is 1.94 bits per heavy atom. The zero-order valence-corrected chi connectivity index (χ0v) is 19.8. The van der Waals surface area contributed by atoms with Gasteiger partial charge in [-0.15, -0.1) is 0 Å². The highest BCUT2D eigenvalue weighted by molar-refractivity contribution is 6.09. The third-order valence-corrected chi connectivity index (χ3v) is 8.04. The summed E-state index contributed by atoms with van der Waals surface area (Å²) in [6.07, 6.45) is 6.28. The van der Waals surface area contributed by atoms with Crippen LogP contribution in [0, 0.1) is 18.8 Å². The molecule has 0 radical (unpaired) electrons. The number of aliphatic imine (C=N–C) groups is 1. The van der Waals surface area contributed by atoms with Crippen molar-refractivity contribution in [3.8, 4) is 5.88 Å². The summed E-state index contributed by atoms with van der Waals surface area (Å²) in [6, 6.07) is 6.68. The summed E-state index contributed by atoms with van der Waals surface area (Å²) in [4.78, 5) is 24.9. The standard InChI is InChI=1S/C26H32N4O3/c1-14(24(31)32)16-7-10-26(11-8-16)12-9-17-13-18(5-6-19(17)26)21-25(3,4)33-23-20(30-21)22(27)28-15(2)29-23/h5-6,13-14,16H,7-12H2,1-4H3,(H,31,32)(H2,27,28,29)/t14-,16?,26?/m1/s1. The van der Waals surface area contributed by atoms with Crippen LogP contribution in [0.5, 0.6) is 5.88 Å². The van der Waals surface area contributed by atoms with E-state index in [1.807, 2.05) is 20.8 Å². The molecule has 3 N–H and O–H groups in total. The Morgan fingerprint density at radius 1 is 1.21 bits per heavy atom. The van der Waals surface area contributed by atoms with Crippen LogP contribution in [0.4, 0.5) is 11.5 Å². The summed E-state index contributed by atoms with van der Waals surface area (Å²) in [6.45, 7) is 7.65. The summed E-state index contributed by atoms with van der Waals surface area (Å²) in [5, 5.41) is 9.40. The highest BCUT2D eigenvalue weighted by Crippen LogP contribution is 2.51. The summed E-state index contributed by atoms with van der Waals surface area (Å²) in [5.41, 5.74) is 10.8. The number of rotatable bonds is 3. The molecule has 0 saturated heterocycles. The number of aromatic nitrogens is 2. The number of nitrogens with zero attached hydrogens (tertiary/aromatic N) is 3. The normalized spacial score (nSPS) is 26.2. The van der Waals surface area contributed by atoms with Gasteiger partial charge in [0, 0.05) is 5.56 Å². The molecule has 1 fully saturated rings. The lowest BCUT2D eigenvalue weighted by Crippen LogP contribution is -2.41. The number of aliphatic carboxylic acids is 1. The Bertz CT molecular complexity index is 1160. The number of aryl methyl sites for hydroxylation is 2. The fraction of sp³-hybridized carbons (Fsp3) is 0.538. The summed E-state index contributed by atoms with van der Waals surface area (Å²) in [5.74, 6) is 0.672. The van der Waals surface area contributed by atoms with E-state index in [1.54, 1.807) is 6.92 Å². The Labute approximate surface area is 194 Å².